The Morgan fingerprint density at radius 2 is 2.39 bits per heavy atom. The summed E-state index contributed by atoms with van der Waals surface area (Å²) in [7, 11) is 0. The summed E-state index contributed by atoms with van der Waals surface area (Å²) in [5, 5.41) is 9.78. The molecule has 1 saturated heterocycles. The van der Waals surface area contributed by atoms with Gasteiger partial charge in [0.2, 0.25) is 0 Å². The van der Waals surface area contributed by atoms with Crippen LogP contribution in [-0.4, -0.2) is 26.9 Å². The fourth-order valence-corrected chi connectivity index (χ4v) is 2.03. The minimum absolute atomic E-state index is 0. The Kier molecular flexibility index (Phi) is 6.13. The van der Waals surface area contributed by atoms with Gasteiger partial charge >= 0.3 is 5.69 Å². The van der Waals surface area contributed by atoms with Crippen molar-refractivity contribution in [1.29, 1.82) is 0 Å². The van der Waals surface area contributed by atoms with Gasteiger partial charge in [-0.05, 0) is 6.42 Å². The van der Waals surface area contributed by atoms with Crippen LogP contribution in [-0.2, 0) is 4.74 Å². The van der Waals surface area contributed by atoms with Gasteiger partial charge in [-0.25, -0.2) is 9.18 Å². The summed E-state index contributed by atoms with van der Waals surface area (Å²) in [4.78, 5) is 13.8. The molecular weight excluding hydrogens is 474 g/mol. The zero-order valence-electron chi connectivity index (χ0n) is 9.80. The number of nitrogens with one attached hydrogen (secondary N) is 1. The average molecular weight is 487 g/mol. The summed E-state index contributed by atoms with van der Waals surface area (Å²) in [6.45, 7) is 1.92. The fourth-order valence-electron chi connectivity index (χ4n) is 1.89. The van der Waals surface area contributed by atoms with Crippen molar-refractivity contribution in [1.82, 2.24) is 9.55 Å². The largest absolute Gasteiger partial charge is 0.388 e. The first-order valence-corrected chi connectivity index (χ1v) is 5.78. The SMILES string of the molecule is CCC1CC(O)C(n2cc(F)c(=S)[nH]c2=O)O1.[Ac]. The van der Waals surface area contributed by atoms with Crippen LogP contribution in [0, 0.1) is 54.5 Å². The molecule has 1 aromatic rings. The van der Waals surface area contributed by atoms with Crippen molar-refractivity contribution in [3.63, 3.8) is 0 Å². The predicted octanol–water partition coefficient (Wildman–Crippen LogP) is 1.10. The van der Waals surface area contributed by atoms with Crippen LogP contribution in [0.4, 0.5) is 4.39 Å². The molecule has 1 radical (unpaired) electrons. The van der Waals surface area contributed by atoms with Crippen LogP contribution in [0.15, 0.2) is 11.0 Å². The maximum atomic E-state index is 13.3. The van der Waals surface area contributed by atoms with E-state index in [-0.39, 0.29) is 54.8 Å². The van der Waals surface area contributed by atoms with Crippen molar-refractivity contribution in [3.8, 4) is 0 Å². The second-order valence-electron chi connectivity index (χ2n) is 4.00. The van der Waals surface area contributed by atoms with E-state index in [9.17, 15) is 14.3 Å². The molecule has 3 unspecified atom stereocenters. The molecule has 3 atom stereocenters. The number of aliphatic hydroxyl groups excluding tert-OH is 1. The van der Waals surface area contributed by atoms with Gasteiger partial charge in [-0.2, -0.15) is 0 Å². The first-order chi connectivity index (χ1) is 8.02. The number of aromatic amines is 1. The summed E-state index contributed by atoms with van der Waals surface area (Å²) < 4.78 is 19.5. The standard InChI is InChI=1S/C10H13FN2O3S.Ac/c1-2-5-3-7(14)9(16-5)13-4-6(11)8(17)12-10(13)15;/h4-5,7,9,14H,2-3H2,1H3,(H,12,15,17);. The molecule has 0 amide bonds. The second kappa shape index (κ2) is 6.71. The van der Waals surface area contributed by atoms with Crippen molar-refractivity contribution in [3.05, 3.63) is 27.1 Å². The van der Waals surface area contributed by atoms with Crippen LogP contribution in [0.2, 0.25) is 0 Å². The predicted molar refractivity (Wildman–Crippen MR) is 60.7 cm³/mol. The minimum Gasteiger partial charge on any atom is -0.388 e. The van der Waals surface area contributed by atoms with Crippen molar-refractivity contribution in [2.75, 3.05) is 0 Å². The molecule has 0 bridgehead atoms. The van der Waals surface area contributed by atoms with Crippen LogP contribution in [0.1, 0.15) is 26.0 Å². The Bertz CT molecular complexity index is 533. The summed E-state index contributed by atoms with van der Waals surface area (Å²) in [6.07, 6.45) is 0.342. The molecule has 0 spiro atoms. The number of nitrogens with zero attached hydrogens (tertiary/aromatic N) is 1. The zero-order chi connectivity index (χ0) is 12.6. The number of aliphatic hydroxyl groups is 1. The smallest absolute Gasteiger partial charge is 0.328 e. The van der Waals surface area contributed by atoms with Crippen molar-refractivity contribution in [2.45, 2.75) is 38.2 Å². The minimum atomic E-state index is -0.853. The van der Waals surface area contributed by atoms with Gasteiger partial charge < -0.3 is 9.84 Å². The van der Waals surface area contributed by atoms with Crippen LogP contribution >= 0.6 is 12.2 Å². The third-order valence-corrected chi connectivity index (χ3v) is 3.12. The number of hydrogen-bond donors (Lipinski definition) is 2. The van der Waals surface area contributed by atoms with E-state index >= 15 is 0 Å². The van der Waals surface area contributed by atoms with Gasteiger partial charge in [0, 0.05) is 50.5 Å². The van der Waals surface area contributed by atoms with Crippen LogP contribution in [0.5, 0.6) is 0 Å². The van der Waals surface area contributed by atoms with Gasteiger partial charge in [0.1, 0.15) is 10.7 Å². The number of aromatic nitrogens is 2. The summed E-state index contributed by atoms with van der Waals surface area (Å²) in [5.41, 5.74) is -0.586. The molecule has 2 heterocycles. The van der Waals surface area contributed by atoms with Crippen molar-refractivity contribution in [2.24, 2.45) is 0 Å². The fraction of sp³-hybridized carbons (Fsp3) is 0.600. The van der Waals surface area contributed by atoms with E-state index in [0.29, 0.717) is 6.42 Å². The molecule has 0 aliphatic carbocycles. The Morgan fingerprint density at radius 1 is 1.72 bits per heavy atom. The van der Waals surface area contributed by atoms with Crippen LogP contribution in [0.3, 0.4) is 0 Å². The molecule has 8 heteroatoms. The quantitative estimate of drug-likeness (QED) is 0.614. The molecule has 2 N–H and O–H groups in total. The first kappa shape index (κ1) is 16.4. The molecule has 2 rings (SSSR count). The summed E-state index contributed by atoms with van der Waals surface area (Å²) in [6, 6.07) is 0. The molecule has 5 nitrogen and oxygen atoms in total. The van der Waals surface area contributed by atoms with Gasteiger partial charge in [-0.15, -0.1) is 0 Å². The molecule has 1 aliphatic heterocycles. The maximum absolute atomic E-state index is 13.3. The maximum Gasteiger partial charge on any atom is 0.328 e. The first-order valence-electron chi connectivity index (χ1n) is 5.37. The molecule has 97 valence electrons. The Morgan fingerprint density at radius 3 is 2.94 bits per heavy atom. The Hall–Kier alpha value is 0.392. The van der Waals surface area contributed by atoms with Crippen molar-refractivity contribution < 1.29 is 58.3 Å². The molecule has 0 aromatic carbocycles. The van der Waals surface area contributed by atoms with Gasteiger partial charge in [0.15, 0.2) is 12.0 Å². The monoisotopic (exact) mass is 487 g/mol. The van der Waals surface area contributed by atoms with E-state index in [1.165, 1.54) is 0 Å². The molecule has 1 aliphatic rings. The molecular formula is C10H13AcFN2O3S. The second-order valence-corrected chi connectivity index (χ2v) is 4.41. The summed E-state index contributed by atoms with van der Waals surface area (Å²) >= 11 is 4.60. The van der Waals surface area contributed by atoms with Gasteiger partial charge in [0.05, 0.1) is 12.3 Å². The van der Waals surface area contributed by atoms with Crippen LogP contribution in [0.25, 0.3) is 0 Å². The van der Waals surface area contributed by atoms with E-state index in [0.717, 1.165) is 17.2 Å². The van der Waals surface area contributed by atoms with E-state index in [1.54, 1.807) is 0 Å². The molecule has 1 aromatic heterocycles. The van der Waals surface area contributed by atoms with E-state index in [1.807, 2.05) is 6.92 Å². The van der Waals surface area contributed by atoms with Crippen LogP contribution < -0.4 is 5.69 Å². The van der Waals surface area contributed by atoms with Gasteiger partial charge in [0.25, 0.3) is 0 Å². The average Bonchev–Trinajstić information content (AvgIpc) is 2.65. The third kappa shape index (κ3) is 3.28. The number of halogens is 1. The molecule has 1 fully saturated rings. The van der Waals surface area contributed by atoms with Gasteiger partial charge in [-0.3, -0.25) is 9.55 Å². The zero-order valence-corrected chi connectivity index (χ0v) is 15.4. The number of ether oxygens (including phenoxy) is 1. The molecule has 0 saturated carbocycles. The van der Waals surface area contributed by atoms with Gasteiger partial charge in [-0.1, -0.05) is 19.1 Å². The van der Waals surface area contributed by atoms with E-state index < -0.39 is 23.8 Å². The topological polar surface area (TPSA) is 67.2 Å². The third-order valence-electron chi connectivity index (χ3n) is 2.82. The Balaban J connectivity index is 0.00000162. The van der Waals surface area contributed by atoms with Crippen molar-refractivity contribution >= 4 is 12.2 Å². The number of H-pyrrole nitrogens is 1. The number of hydrogen-bond acceptors (Lipinski definition) is 4. The van der Waals surface area contributed by atoms with E-state index in [4.69, 9.17) is 4.74 Å². The summed E-state index contributed by atoms with van der Waals surface area (Å²) in [5.74, 6) is -0.713. The number of rotatable bonds is 2. The van der Waals surface area contributed by atoms with E-state index in [2.05, 4.69) is 17.2 Å². The Labute approximate surface area is 144 Å². The normalized spacial score (nSPS) is 26.9. The molecule has 18 heavy (non-hydrogen) atoms.